The zero-order chi connectivity index (χ0) is 25.6. The maximum atomic E-state index is 13.0. The predicted molar refractivity (Wildman–Crippen MR) is 120 cm³/mol. The summed E-state index contributed by atoms with van der Waals surface area (Å²) in [6, 6.07) is 8.46. The van der Waals surface area contributed by atoms with Gasteiger partial charge in [-0.15, -0.1) is 0 Å². The van der Waals surface area contributed by atoms with Crippen LogP contribution in [0.15, 0.2) is 36.4 Å². The number of halogens is 5. The van der Waals surface area contributed by atoms with Crippen LogP contribution in [-0.4, -0.2) is 42.5 Å². The Bertz CT molecular complexity index is 1100. The molecule has 2 aromatic rings. The molecule has 2 atom stereocenters. The molecule has 0 fully saturated rings. The van der Waals surface area contributed by atoms with Gasteiger partial charge in [0.15, 0.2) is 0 Å². The molecule has 0 spiro atoms. The fraction of sp³-hybridized carbons (Fsp3) is 0.348. The minimum Gasteiger partial charge on any atom is -0.349 e. The number of alkyl halides is 5. The van der Waals surface area contributed by atoms with Gasteiger partial charge in [0.2, 0.25) is 0 Å². The van der Waals surface area contributed by atoms with Crippen molar-refractivity contribution in [1.82, 2.24) is 5.32 Å². The van der Waals surface area contributed by atoms with Crippen molar-refractivity contribution in [2.24, 2.45) is 0 Å². The van der Waals surface area contributed by atoms with Gasteiger partial charge in [-0.25, -0.2) is 8.78 Å². The van der Waals surface area contributed by atoms with Crippen LogP contribution < -0.4 is 10.6 Å². The van der Waals surface area contributed by atoms with Crippen molar-refractivity contribution in [2.75, 3.05) is 17.3 Å². The Balaban J connectivity index is 2.39. The Hall–Kier alpha value is -3.13. The van der Waals surface area contributed by atoms with Crippen LogP contribution in [0.2, 0.25) is 0 Å². The molecule has 0 aliphatic carbocycles. The van der Waals surface area contributed by atoms with Gasteiger partial charge in [0, 0.05) is 11.8 Å². The molecule has 0 saturated carbocycles. The number of hydrogen-bond acceptors (Lipinski definition) is 4. The molecule has 182 valence electrons. The highest BCUT2D eigenvalue weighted by molar-refractivity contribution is 7.98. The molecule has 0 radical (unpaired) electrons. The smallest absolute Gasteiger partial charge is 0.349 e. The van der Waals surface area contributed by atoms with Gasteiger partial charge in [-0.3, -0.25) is 9.59 Å². The van der Waals surface area contributed by atoms with Crippen LogP contribution >= 0.6 is 11.8 Å². The van der Waals surface area contributed by atoms with Crippen molar-refractivity contribution in [3.63, 3.8) is 0 Å². The number of carbonyl (C=O) groups is 2. The van der Waals surface area contributed by atoms with Crippen molar-refractivity contribution >= 4 is 29.3 Å². The predicted octanol–water partition coefficient (Wildman–Crippen LogP) is 5.51. The standard InChI is InChI=1S/C23H22F5N3O2S/c1-12-5-4-6-16(18(12)22(33)30-13(2)11-34-3)21(32)31-17-8-7-14(9-15(17)10-29)19(20(24)25)23(26,27)28/h4-9,13,19-20H,11H2,1-3H3,(H,30,33)(H,31,32)/t13-,19?/m0/s1. The highest BCUT2D eigenvalue weighted by Crippen LogP contribution is 2.40. The summed E-state index contributed by atoms with van der Waals surface area (Å²) in [4.78, 5) is 25.8. The number of hydrogen-bond donors (Lipinski definition) is 2. The van der Waals surface area contributed by atoms with Gasteiger partial charge in [0.05, 0.1) is 22.4 Å². The third-order valence-electron chi connectivity index (χ3n) is 4.91. The Morgan fingerprint density at radius 2 is 1.82 bits per heavy atom. The molecule has 0 bridgehead atoms. The molecule has 0 aliphatic rings. The molecule has 0 aromatic heterocycles. The monoisotopic (exact) mass is 499 g/mol. The minimum atomic E-state index is -5.22. The molecule has 0 heterocycles. The van der Waals surface area contributed by atoms with Crippen LogP contribution in [0.5, 0.6) is 0 Å². The number of amides is 2. The summed E-state index contributed by atoms with van der Waals surface area (Å²) in [5, 5.41) is 14.5. The van der Waals surface area contributed by atoms with Crippen molar-refractivity contribution in [2.45, 2.75) is 38.4 Å². The lowest BCUT2D eigenvalue weighted by molar-refractivity contribution is -0.178. The molecular formula is C23H22F5N3O2S. The van der Waals surface area contributed by atoms with Gasteiger partial charge in [0.25, 0.3) is 18.2 Å². The molecule has 34 heavy (non-hydrogen) atoms. The van der Waals surface area contributed by atoms with E-state index in [1.54, 1.807) is 32.0 Å². The van der Waals surface area contributed by atoms with Gasteiger partial charge >= 0.3 is 6.18 Å². The first-order valence-electron chi connectivity index (χ1n) is 10.00. The van der Waals surface area contributed by atoms with Crippen LogP contribution in [0.3, 0.4) is 0 Å². The Labute approximate surface area is 197 Å². The largest absolute Gasteiger partial charge is 0.401 e. The summed E-state index contributed by atoms with van der Waals surface area (Å²) in [6.45, 7) is 3.45. The number of nitrogens with zero attached hydrogens (tertiary/aromatic N) is 1. The van der Waals surface area contributed by atoms with E-state index in [1.165, 1.54) is 17.8 Å². The lowest BCUT2D eigenvalue weighted by Gasteiger charge is -2.20. The molecule has 2 amide bonds. The molecule has 5 nitrogen and oxygen atoms in total. The molecule has 2 N–H and O–H groups in total. The number of rotatable bonds is 8. The fourth-order valence-electron chi connectivity index (χ4n) is 3.37. The van der Waals surface area contributed by atoms with Crippen LogP contribution in [0.25, 0.3) is 0 Å². The number of aryl methyl sites for hydroxylation is 1. The zero-order valence-corrected chi connectivity index (χ0v) is 19.3. The lowest BCUT2D eigenvalue weighted by Crippen LogP contribution is -2.36. The van der Waals surface area contributed by atoms with Gasteiger partial charge in [-0.2, -0.15) is 30.2 Å². The number of nitrogens with one attached hydrogen (secondary N) is 2. The number of anilines is 1. The maximum absolute atomic E-state index is 13.0. The van der Waals surface area contributed by atoms with E-state index in [9.17, 15) is 36.8 Å². The Kier molecular flexibility index (Phi) is 9.04. The van der Waals surface area contributed by atoms with E-state index in [-0.39, 0.29) is 22.9 Å². The second-order valence-corrected chi connectivity index (χ2v) is 8.46. The summed E-state index contributed by atoms with van der Waals surface area (Å²) < 4.78 is 65.2. The van der Waals surface area contributed by atoms with E-state index in [1.807, 2.05) is 6.26 Å². The van der Waals surface area contributed by atoms with E-state index in [2.05, 4.69) is 10.6 Å². The molecule has 0 aliphatic heterocycles. The lowest BCUT2D eigenvalue weighted by atomic mass is 9.96. The second-order valence-electron chi connectivity index (χ2n) is 7.55. The van der Waals surface area contributed by atoms with E-state index in [4.69, 9.17) is 0 Å². The normalized spacial score (nSPS) is 13.2. The number of carbonyl (C=O) groups excluding carboxylic acids is 2. The average molecular weight is 500 g/mol. The quantitative estimate of drug-likeness (QED) is 0.469. The fourth-order valence-corrected chi connectivity index (χ4v) is 3.95. The van der Waals surface area contributed by atoms with Crippen molar-refractivity contribution in [3.8, 4) is 6.07 Å². The maximum Gasteiger partial charge on any atom is 0.401 e. The first kappa shape index (κ1) is 27.1. The molecule has 0 saturated heterocycles. The summed E-state index contributed by atoms with van der Waals surface area (Å²) >= 11 is 1.53. The summed E-state index contributed by atoms with van der Waals surface area (Å²) in [5.41, 5.74) is -0.777. The van der Waals surface area contributed by atoms with E-state index in [0.717, 1.165) is 12.1 Å². The Morgan fingerprint density at radius 1 is 1.15 bits per heavy atom. The van der Waals surface area contributed by atoms with Crippen molar-refractivity contribution < 1.29 is 31.5 Å². The van der Waals surface area contributed by atoms with E-state index >= 15 is 0 Å². The molecule has 2 rings (SSSR count). The SMILES string of the molecule is CSC[C@H](C)NC(=O)c1c(C)cccc1C(=O)Nc1ccc(C(C(F)F)C(F)(F)F)cc1C#N. The molecule has 11 heteroatoms. The number of thioether (sulfide) groups is 1. The topological polar surface area (TPSA) is 82.0 Å². The second kappa shape index (κ2) is 11.3. The van der Waals surface area contributed by atoms with Gasteiger partial charge in [0.1, 0.15) is 12.0 Å². The summed E-state index contributed by atoms with van der Waals surface area (Å²) in [7, 11) is 0. The minimum absolute atomic E-state index is 0.0115. The van der Waals surface area contributed by atoms with Crippen LogP contribution in [0, 0.1) is 18.3 Å². The first-order chi connectivity index (χ1) is 15.9. The molecule has 2 aromatic carbocycles. The molecular weight excluding hydrogens is 477 g/mol. The summed E-state index contributed by atoms with van der Waals surface area (Å²) in [5.74, 6) is -3.68. The van der Waals surface area contributed by atoms with E-state index < -0.39 is 41.5 Å². The summed E-state index contributed by atoms with van der Waals surface area (Å²) in [6.07, 6.45) is -7.07. The third-order valence-corrected chi connectivity index (χ3v) is 5.75. The highest BCUT2D eigenvalue weighted by atomic mass is 32.2. The van der Waals surface area contributed by atoms with Crippen molar-refractivity contribution in [3.05, 3.63) is 64.2 Å². The average Bonchev–Trinajstić information content (AvgIpc) is 2.73. The van der Waals surface area contributed by atoms with Crippen LogP contribution in [0.1, 0.15) is 50.2 Å². The van der Waals surface area contributed by atoms with Gasteiger partial charge in [-0.05, 0) is 49.4 Å². The van der Waals surface area contributed by atoms with E-state index in [0.29, 0.717) is 17.4 Å². The van der Waals surface area contributed by atoms with Crippen molar-refractivity contribution in [1.29, 1.82) is 5.26 Å². The van der Waals surface area contributed by atoms with Crippen LogP contribution in [0.4, 0.5) is 27.6 Å². The number of benzene rings is 2. The van der Waals surface area contributed by atoms with Gasteiger partial charge < -0.3 is 10.6 Å². The Morgan fingerprint density at radius 3 is 2.38 bits per heavy atom. The van der Waals surface area contributed by atoms with Crippen LogP contribution in [-0.2, 0) is 0 Å². The highest BCUT2D eigenvalue weighted by Gasteiger charge is 2.47. The number of nitriles is 1. The first-order valence-corrected chi connectivity index (χ1v) is 11.4. The van der Waals surface area contributed by atoms with Gasteiger partial charge in [-0.1, -0.05) is 18.2 Å². The zero-order valence-electron chi connectivity index (χ0n) is 18.5. The third kappa shape index (κ3) is 6.47. The molecule has 1 unspecified atom stereocenters.